The Morgan fingerprint density at radius 3 is 2.65 bits per heavy atom. The van der Waals surface area contributed by atoms with E-state index >= 15 is 0 Å². The number of pyridine rings is 2. The van der Waals surface area contributed by atoms with Gasteiger partial charge >= 0.3 is 0 Å². The smallest absolute Gasteiger partial charge is 0.270 e. The van der Waals surface area contributed by atoms with Gasteiger partial charge in [0, 0.05) is 38.8 Å². The summed E-state index contributed by atoms with van der Waals surface area (Å²) in [4.78, 5) is 24.8. The summed E-state index contributed by atoms with van der Waals surface area (Å²) in [5, 5.41) is 10.0. The molecule has 1 N–H and O–H groups in total. The minimum atomic E-state index is -0.304. The second-order valence-corrected chi connectivity index (χ2v) is 7.86. The topological polar surface area (TPSA) is 66.0 Å². The number of aromatic nitrogens is 2. The summed E-state index contributed by atoms with van der Waals surface area (Å²) in [6.07, 6.45) is 0. The molecule has 0 amide bonds. The Labute approximate surface area is 179 Å². The van der Waals surface area contributed by atoms with E-state index in [1.54, 1.807) is 37.4 Å². The zero-order valence-electron chi connectivity index (χ0n) is 17.5. The van der Waals surface area contributed by atoms with Crippen molar-refractivity contribution in [2.24, 2.45) is 7.05 Å². The maximum Gasteiger partial charge on any atom is 0.270 e. The van der Waals surface area contributed by atoms with Crippen molar-refractivity contribution in [2.45, 2.75) is 19.0 Å². The largest absolute Gasteiger partial charge is 0.394 e. The van der Waals surface area contributed by atoms with Crippen molar-refractivity contribution in [2.75, 3.05) is 31.1 Å². The van der Waals surface area contributed by atoms with Gasteiger partial charge in [-0.2, -0.15) is 0 Å². The van der Waals surface area contributed by atoms with Crippen molar-refractivity contribution in [3.63, 3.8) is 0 Å². The van der Waals surface area contributed by atoms with Crippen LogP contribution in [0.3, 0.4) is 0 Å². The highest BCUT2D eigenvalue weighted by atomic mass is 19.1. The van der Waals surface area contributed by atoms with Gasteiger partial charge in [-0.05, 0) is 36.8 Å². The molecule has 2 atom stereocenters. The van der Waals surface area contributed by atoms with Gasteiger partial charge in [0.25, 0.3) is 11.4 Å². The molecule has 1 aromatic carbocycles. The van der Waals surface area contributed by atoms with Gasteiger partial charge in [-0.25, -0.2) is 4.39 Å². The van der Waals surface area contributed by atoms with Crippen LogP contribution >= 0.6 is 0 Å². The van der Waals surface area contributed by atoms with Gasteiger partial charge in [0.05, 0.1) is 23.9 Å². The Kier molecular flexibility index (Phi) is 5.72. The number of fused-ring (bicyclic) bond motifs is 1. The van der Waals surface area contributed by atoms with Gasteiger partial charge in [-0.1, -0.05) is 18.7 Å². The molecule has 0 spiro atoms. The van der Waals surface area contributed by atoms with E-state index < -0.39 is 0 Å². The number of anilines is 1. The third-order valence-corrected chi connectivity index (χ3v) is 6.02. The van der Waals surface area contributed by atoms with Crippen LogP contribution in [0.5, 0.6) is 0 Å². The van der Waals surface area contributed by atoms with Gasteiger partial charge in [0.15, 0.2) is 0 Å². The Hall–Kier alpha value is -3.28. The molecule has 1 aliphatic heterocycles. The van der Waals surface area contributed by atoms with E-state index in [-0.39, 0.29) is 35.9 Å². The molecule has 1 saturated heterocycles. The fourth-order valence-corrected chi connectivity index (χ4v) is 4.35. The number of nitrogens with zero attached hydrogens (tertiary/aromatic N) is 5. The van der Waals surface area contributed by atoms with Crippen LogP contribution in [0.15, 0.2) is 47.3 Å². The first-order valence-corrected chi connectivity index (χ1v) is 10.2. The number of halogens is 1. The lowest BCUT2D eigenvalue weighted by molar-refractivity contribution is 0.0801. The molecule has 8 heteroatoms. The minimum absolute atomic E-state index is 0.0686. The van der Waals surface area contributed by atoms with E-state index in [9.17, 15) is 14.3 Å². The summed E-state index contributed by atoms with van der Waals surface area (Å²) >= 11 is 0. The van der Waals surface area contributed by atoms with E-state index in [1.165, 1.54) is 16.7 Å². The number of aryl methyl sites for hydroxylation is 1. The summed E-state index contributed by atoms with van der Waals surface area (Å²) in [7, 11) is 1.70. The number of aliphatic hydroxyl groups excluding tert-OH is 1. The molecule has 4 rings (SSSR count). The molecule has 2 aromatic heterocycles. The Morgan fingerprint density at radius 2 is 2.00 bits per heavy atom. The molecular formula is C23H24FN5O2. The standard InChI is InChI=1S/C23H24FN5O2/c1-15-13-28(10-11-29(15)20(14-30)16-4-6-17(24)7-5-16)19-12-22(31)27(3)18-8-9-21(25-2)26-23(18)19/h4-9,12,15,20,30H,10-11,13-14H2,1,3H3/t15-,20?/m1/s1. The molecule has 1 fully saturated rings. The SMILES string of the molecule is [C-]#[N+]c1ccc2c(n1)c(N1CCN(C(CO)c3ccc(F)cc3)[C@H](C)C1)cc(=O)n2C. The number of aliphatic hydroxyl groups is 1. The van der Waals surface area contributed by atoms with Gasteiger partial charge in [-0.15, -0.1) is 4.98 Å². The van der Waals surface area contributed by atoms with Gasteiger partial charge in [0.2, 0.25) is 5.52 Å². The molecule has 1 unspecified atom stereocenters. The molecule has 0 aliphatic carbocycles. The van der Waals surface area contributed by atoms with Gasteiger partial charge < -0.3 is 19.4 Å². The quantitative estimate of drug-likeness (QED) is 0.657. The molecule has 3 heterocycles. The average Bonchev–Trinajstić information content (AvgIpc) is 2.78. The second kappa shape index (κ2) is 8.46. The van der Waals surface area contributed by atoms with Gasteiger partial charge in [0.1, 0.15) is 5.82 Å². The minimum Gasteiger partial charge on any atom is -0.394 e. The fourth-order valence-electron chi connectivity index (χ4n) is 4.35. The van der Waals surface area contributed by atoms with Crippen LogP contribution < -0.4 is 10.5 Å². The first-order valence-electron chi connectivity index (χ1n) is 10.2. The Balaban J connectivity index is 1.65. The summed E-state index contributed by atoms with van der Waals surface area (Å²) in [5.74, 6) is -0.0159. The molecule has 31 heavy (non-hydrogen) atoms. The van der Waals surface area contributed by atoms with E-state index in [0.29, 0.717) is 30.7 Å². The van der Waals surface area contributed by atoms with Crippen LogP contribution in [0.2, 0.25) is 0 Å². The lowest BCUT2D eigenvalue weighted by atomic mass is 10.0. The van der Waals surface area contributed by atoms with Crippen LogP contribution in [-0.4, -0.2) is 51.8 Å². The third-order valence-electron chi connectivity index (χ3n) is 6.02. The average molecular weight is 421 g/mol. The molecular weight excluding hydrogens is 397 g/mol. The van der Waals surface area contributed by atoms with Gasteiger partial charge in [-0.3, -0.25) is 9.69 Å². The van der Waals surface area contributed by atoms with Crippen LogP contribution in [0, 0.1) is 12.4 Å². The van der Waals surface area contributed by atoms with Crippen molar-refractivity contribution < 1.29 is 9.50 Å². The van der Waals surface area contributed by atoms with Crippen molar-refractivity contribution in [3.8, 4) is 0 Å². The highest BCUT2D eigenvalue weighted by molar-refractivity contribution is 5.89. The maximum atomic E-state index is 13.3. The van der Waals surface area contributed by atoms with E-state index in [0.717, 1.165) is 11.3 Å². The van der Waals surface area contributed by atoms with Crippen molar-refractivity contribution in [3.05, 3.63) is 75.6 Å². The number of rotatable bonds is 4. The third kappa shape index (κ3) is 3.90. The lowest BCUT2D eigenvalue weighted by Crippen LogP contribution is -2.54. The summed E-state index contributed by atoms with van der Waals surface area (Å²) in [6.45, 7) is 11.2. The molecule has 0 saturated carbocycles. The highest BCUT2D eigenvalue weighted by Crippen LogP contribution is 2.30. The first-order chi connectivity index (χ1) is 14.9. The van der Waals surface area contributed by atoms with Crippen LogP contribution in [0.1, 0.15) is 18.5 Å². The van der Waals surface area contributed by atoms with Crippen molar-refractivity contribution >= 4 is 22.5 Å². The molecule has 0 bridgehead atoms. The normalized spacial score (nSPS) is 18.2. The zero-order valence-corrected chi connectivity index (χ0v) is 17.5. The highest BCUT2D eigenvalue weighted by Gasteiger charge is 2.31. The van der Waals surface area contributed by atoms with Crippen LogP contribution in [-0.2, 0) is 7.05 Å². The Morgan fingerprint density at radius 1 is 1.26 bits per heavy atom. The molecule has 3 aromatic rings. The predicted molar refractivity (Wildman–Crippen MR) is 118 cm³/mol. The van der Waals surface area contributed by atoms with Crippen LogP contribution in [0.4, 0.5) is 15.9 Å². The number of hydrogen-bond donors (Lipinski definition) is 1. The number of benzene rings is 1. The first kappa shape index (κ1) is 21.0. The summed E-state index contributed by atoms with van der Waals surface area (Å²) in [6, 6.07) is 11.0. The molecule has 160 valence electrons. The van der Waals surface area contributed by atoms with Crippen molar-refractivity contribution in [1.29, 1.82) is 0 Å². The fraction of sp³-hybridized carbons (Fsp3) is 0.348. The lowest BCUT2D eigenvalue weighted by Gasteiger charge is -2.44. The Bertz CT molecular complexity index is 1200. The zero-order chi connectivity index (χ0) is 22.1. The van der Waals surface area contributed by atoms with E-state index in [1.807, 2.05) is 0 Å². The van der Waals surface area contributed by atoms with Crippen LogP contribution in [0.25, 0.3) is 15.9 Å². The maximum absolute atomic E-state index is 13.3. The second-order valence-electron chi connectivity index (χ2n) is 7.86. The predicted octanol–water partition coefficient (Wildman–Crippen LogP) is 2.87. The van der Waals surface area contributed by atoms with E-state index in [2.05, 4.69) is 26.6 Å². The summed E-state index contributed by atoms with van der Waals surface area (Å²) in [5.41, 5.74) is 2.77. The molecule has 1 aliphatic rings. The van der Waals surface area contributed by atoms with Crippen molar-refractivity contribution in [1.82, 2.24) is 14.5 Å². The number of hydrogen-bond acceptors (Lipinski definition) is 5. The molecule has 7 nitrogen and oxygen atoms in total. The molecule has 0 radical (unpaired) electrons. The summed E-state index contributed by atoms with van der Waals surface area (Å²) < 4.78 is 14.9. The van der Waals surface area contributed by atoms with E-state index in [4.69, 9.17) is 6.57 Å². The monoisotopic (exact) mass is 421 g/mol. The number of piperazine rings is 1.